The van der Waals surface area contributed by atoms with Crippen LogP contribution in [0.25, 0.3) is 0 Å². The Morgan fingerprint density at radius 3 is 2.90 bits per heavy atom. The topological polar surface area (TPSA) is 72.9 Å². The first-order chi connectivity index (χ1) is 10.1. The van der Waals surface area contributed by atoms with Gasteiger partial charge in [0.2, 0.25) is 0 Å². The molecule has 0 aliphatic rings. The van der Waals surface area contributed by atoms with E-state index >= 15 is 0 Å². The molecule has 0 atom stereocenters. The van der Waals surface area contributed by atoms with Gasteiger partial charge in [-0.15, -0.1) is 0 Å². The SMILES string of the molecule is Cc1c(C#CCN)cccc1C(=O)NCc1ccnn1C. The molecular weight excluding hydrogens is 264 g/mol. The molecule has 0 aliphatic carbocycles. The highest BCUT2D eigenvalue weighted by Gasteiger charge is 2.11. The van der Waals surface area contributed by atoms with E-state index in [1.54, 1.807) is 16.9 Å². The lowest BCUT2D eigenvalue weighted by molar-refractivity contribution is 0.0949. The molecule has 5 heteroatoms. The number of hydrogen-bond donors (Lipinski definition) is 2. The summed E-state index contributed by atoms with van der Waals surface area (Å²) < 4.78 is 1.73. The van der Waals surface area contributed by atoms with Crippen molar-refractivity contribution in [1.29, 1.82) is 0 Å². The van der Waals surface area contributed by atoms with Gasteiger partial charge in [0, 0.05) is 24.4 Å². The lowest BCUT2D eigenvalue weighted by Crippen LogP contribution is -2.25. The van der Waals surface area contributed by atoms with Crippen molar-refractivity contribution in [2.75, 3.05) is 6.54 Å². The zero-order valence-corrected chi connectivity index (χ0v) is 12.2. The lowest BCUT2D eigenvalue weighted by atomic mass is 10.0. The molecule has 1 heterocycles. The molecule has 5 nitrogen and oxygen atoms in total. The highest BCUT2D eigenvalue weighted by Crippen LogP contribution is 2.13. The van der Waals surface area contributed by atoms with E-state index in [0.29, 0.717) is 18.7 Å². The second kappa shape index (κ2) is 6.73. The maximum Gasteiger partial charge on any atom is 0.251 e. The van der Waals surface area contributed by atoms with Gasteiger partial charge in [-0.1, -0.05) is 17.9 Å². The van der Waals surface area contributed by atoms with Crippen molar-refractivity contribution < 1.29 is 4.79 Å². The maximum atomic E-state index is 12.3. The Morgan fingerprint density at radius 1 is 1.43 bits per heavy atom. The molecule has 0 fully saturated rings. The molecule has 0 unspecified atom stereocenters. The molecule has 2 rings (SSSR count). The van der Waals surface area contributed by atoms with E-state index in [1.807, 2.05) is 32.2 Å². The molecule has 108 valence electrons. The summed E-state index contributed by atoms with van der Waals surface area (Å²) in [6.07, 6.45) is 1.70. The number of carbonyl (C=O) groups excluding carboxylic acids is 1. The van der Waals surface area contributed by atoms with Crippen LogP contribution in [0.4, 0.5) is 0 Å². The zero-order chi connectivity index (χ0) is 15.2. The summed E-state index contributed by atoms with van der Waals surface area (Å²) in [5, 5.41) is 6.96. The van der Waals surface area contributed by atoms with Crippen LogP contribution in [0.5, 0.6) is 0 Å². The molecule has 0 saturated carbocycles. The number of amides is 1. The largest absolute Gasteiger partial charge is 0.346 e. The van der Waals surface area contributed by atoms with Gasteiger partial charge in [0.25, 0.3) is 5.91 Å². The van der Waals surface area contributed by atoms with Gasteiger partial charge in [-0.05, 0) is 30.7 Å². The number of aromatic nitrogens is 2. The van der Waals surface area contributed by atoms with E-state index in [9.17, 15) is 4.79 Å². The van der Waals surface area contributed by atoms with E-state index < -0.39 is 0 Å². The second-order valence-corrected chi connectivity index (χ2v) is 4.61. The van der Waals surface area contributed by atoms with Crippen LogP contribution in [-0.4, -0.2) is 22.2 Å². The van der Waals surface area contributed by atoms with Crippen LogP contribution < -0.4 is 11.1 Å². The summed E-state index contributed by atoms with van der Waals surface area (Å²) in [4.78, 5) is 12.3. The number of aryl methyl sites for hydroxylation is 1. The Morgan fingerprint density at radius 2 is 2.24 bits per heavy atom. The Hall–Kier alpha value is -2.58. The van der Waals surface area contributed by atoms with Crippen molar-refractivity contribution >= 4 is 5.91 Å². The fourth-order valence-electron chi connectivity index (χ4n) is 2.00. The highest BCUT2D eigenvalue weighted by atomic mass is 16.1. The van der Waals surface area contributed by atoms with Crippen molar-refractivity contribution in [2.24, 2.45) is 12.8 Å². The fourth-order valence-corrected chi connectivity index (χ4v) is 2.00. The van der Waals surface area contributed by atoms with E-state index in [4.69, 9.17) is 5.73 Å². The van der Waals surface area contributed by atoms with Crippen LogP contribution in [0.15, 0.2) is 30.5 Å². The van der Waals surface area contributed by atoms with Crippen molar-refractivity contribution in [1.82, 2.24) is 15.1 Å². The Bertz CT molecular complexity index is 707. The Balaban J connectivity index is 2.14. The maximum absolute atomic E-state index is 12.3. The van der Waals surface area contributed by atoms with Crippen molar-refractivity contribution in [3.63, 3.8) is 0 Å². The molecule has 1 aromatic heterocycles. The van der Waals surface area contributed by atoms with Crippen LogP contribution in [0.1, 0.15) is 27.2 Å². The summed E-state index contributed by atoms with van der Waals surface area (Å²) in [5.41, 5.74) is 8.64. The number of nitrogens with zero attached hydrogens (tertiary/aromatic N) is 2. The zero-order valence-electron chi connectivity index (χ0n) is 12.2. The minimum Gasteiger partial charge on any atom is -0.346 e. The van der Waals surface area contributed by atoms with E-state index in [2.05, 4.69) is 22.3 Å². The first kappa shape index (κ1) is 14.8. The average Bonchev–Trinajstić information content (AvgIpc) is 2.89. The van der Waals surface area contributed by atoms with Crippen LogP contribution in [-0.2, 0) is 13.6 Å². The second-order valence-electron chi connectivity index (χ2n) is 4.61. The molecule has 0 aliphatic heterocycles. The third kappa shape index (κ3) is 3.50. The van der Waals surface area contributed by atoms with Crippen LogP contribution in [0, 0.1) is 18.8 Å². The third-order valence-electron chi connectivity index (χ3n) is 3.26. The van der Waals surface area contributed by atoms with Crippen LogP contribution in [0.3, 0.4) is 0 Å². The van der Waals surface area contributed by atoms with Gasteiger partial charge in [-0.3, -0.25) is 9.48 Å². The van der Waals surface area contributed by atoms with Gasteiger partial charge >= 0.3 is 0 Å². The van der Waals surface area contributed by atoms with Crippen molar-refractivity contribution in [3.8, 4) is 11.8 Å². The monoisotopic (exact) mass is 282 g/mol. The quantitative estimate of drug-likeness (QED) is 0.824. The first-order valence-corrected chi connectivity index (χ1v) is 6.67. The highest BCUT2D eigenvalue weighted by molar-refractivity contribution is 5.96. The minimum absolute atomic E-state index is 0.120. The Labute approximate surface area is 124 Å². The predicted octanol–water partition coefficient (Wildman–Crippen LogP) is 0.969. The lowest BCUT2D eigenvalue weighted by Gasteiger charge is -2.09. The number of nitrogens with one attached hydrogen (secondary N) is 1. The average molecular weight is 282 g/mol. The third-order valence-corrected chi connectivity index (χ3v) is 3.26. The van der Waals surface area contributed by atoms with E-state index in [1.165, 1.54) is 0 Å². The molecular formula is C16H18N4O. The fraction of sp³-hybridized carbons (Fsp3) is 0.250. The number of nitrogens with two attached hydrogens (primary N) is 1. The molecule has 3 N–H and O–H groups in total. The summed E-state index contributed by atoms with van der Waals surface area (Å²) in [5.74, 6) is 5.67. The van der Waals surface area contributed by atoms with Crippen molar-refractivity contribution in [3.05, 3.63) is 52.8 Å². The van der Waals surface area contributed by atoms with Crippen molar-refractivity contribution in [2.45, 2.75) is 13.5 Å². The van der Waals surface area contributed by atoms with E-state index in [0.717, 1.165) is 16.8 Å². The summed E-state index contributed by atoms with van der Waals surface area (Å²) in [6, 6.07) is 7.38. The summed E-state index contributed by atoms with van der Waals surface area (Å²) in [6.45, 7) is 2.63. The molecule has 0 radical (unpaired) electrons. The number of hydrogen-bond acceptors (Lipinski definition) is 3. The van der Waals surface area contributed by atoms with Gasteiger partial charge in [0.1, 0.15) is 0 Å². The molecule has 21 heavy (non-hydrogen) atoms. The first-order valence-electron chi connectivity index (χ1n) is 6.67. The molecule has 2 aromatic rings. The summed E-state index contributed by atoms with van der Waals surface area (Å²) in [7, 11) is 1.84. The summed E-state index contributed by atoms with van der Waals surface area (Å²) >= 11 is 0. The van der Waals surface area contributed by atoms with Gasteiger partial charge in [-0.2, -0.15) is 5.10 Å². The van der Waals surface area contributed by atoms with Gasteiger partial charge in [0.15, 0.2) is 0 Å². The minimum atomic E-state index is -0.120. The Kier molecular flexibility index (Phi) is 4.75. The molecule has 0 bridgehead atoms. The standard InChI is InChI=1S/C16H18N4O/c1-12-13(6-4-9-17)5-3-7-15(12)16(21)18-11-14-8-10-19-20(14)2/h3,5,7-8,10H,9,11,17H2,1-2H3,(H,18,21). The smallest absolute Gasteiger partial charge is 0.251 e. The van der Waals surface area contributed by atoms with E-state index in [-0.39, 0.29) is 5.91 Å². The number of carbonyl (C=O) groups is 1. The van der Waals surface area contributed by atoms with Gasteiger partial charge < -0.3 is 11.1 Å². The molecule has 0 saturated heterocycles. The molecule has 0 spiro atoms. The molecule has 1 amide bonds. The van der Waals surface area contributed by atoms with Crippen LogP contribution >= 0.6 is 0 Å². The predicted molar refractivity (Wildman–Crippen MR) is 81.5 cm³/mol. The van der Waals surface area contributed by atoms with Gasteiger partial charge in [-0.25, -0.2) is 0 Å². The number of benzene rings is 1. The van der Waals surface area contributed by atoms with Crippen LogP contribution in [0.2, 0.25) is 0 Å². The normalized spacial score (nSPS) is 9.86. The number of rotatable bonds is 3. The van der Waals surface area contributed by atoms with Gasteiger partial charge in [0.05, 0.1) is 18.8 Å². The molecule has 1 aromatic carbocycles.